The summed E-state index contributed by atoms with van der Waals surface area (Å²) in [5.74, 6) is 1.09. The van der Waals surface area contributed by atoms with Crippen LogP contribution in [0.15, 0.2) is 42.5 Å². The van der Waals surface area contributed by atoms with Gasteiger partial charge in [-0.1, -0.05) is 12.1 Å². The smallest absolute Gasteiger partial charge is 0.270 e. The average molecular weight is 372 g/mol. The van der Waals surface area contributed by atoms with Crippen molar-refractivity contribution in [2.24, 2.45) is 0 Å². The summed E-state index contributed by atoms with van der Waals surface area (Å²) in [5.41, 5.74) is 1.24. The minimum Gasteiger partial charge on any atom is -0.493 e. The van der Waals surface area contributed by atoms with E-state index in [2.05, 4.69) is 5.32 Å². The number of nitrogens with zero attached hydrogens (tertiary/aromatic N) is 1. The molecule has 0 aliphatic heterocycles. The Kier molecular flexibility index (Phi) is 6.76. The van der Waals surface area contributed by atoms with Crippen molar-refractivity contribution < 1.29 is 23.9 Å². The molecule has 1 N–H and O–H groups in total. The monoisotopic (exact) mass is 372 g/mol. The van der Waals surface area contributed by atoms with Gasteiger partial charge in [-0.05, 0) is 23.8 Å². The Morgan fingerprint density at radius 3 is 2.48 bits per heavy atom. The Hall–Kier alpha value is -3.55. The van der Waals surface area contributed by atoms with Crippen LogP contribution in [0.5, 0.6) is 17.2 Å². The number of nitro groups is 1. The number of hydrogen-bond donors (Lipinski definition) is 1. The zero-order chi connectivity index (χ0) is 19.8. The maximum Gasteiger partial charge on any atom is 0.270 e. The molecule has 8 heteroatoms. The minimum atomic E-state index is -0.485. The highest BCUT2D eigenvalue weighted by Crippen LogP contribution is 2.39. The van der Waals surface area contributed by atoms with Crippen LogP contribution in [0.1, 0.15) is 11.1 Å². The highest BCUT2D eigenvalue weighted by atomic mass is 16.6. The summed E-state index contributed by atoms with van der Waals surface area (Å²) in [6.45, 7) is 0.210. The molecule has 0 saturated heterocycles. The maximum atomic E-state index is 12.1. The number of carbonyl (C=O) groups excluding carboxylic acids is 1. The van der Waals surface area contributed by atoms with Gasteiger partial charge in [-0.25, -0.2) is 0 Å². The number of ether oxygens (including phenoxy) is 3. The van der Waals surface area contributed by atoms with Crippen molar-refractivity contribution in [2.75, 3.05) is 21.3 Å². The van der Waals surface area contributed by atoms with Crippen molar-refractivity contribution in [3.8, 4) is 17.2 Å². The van der Waals surface area contributed by atoms with Crippen molar-refractivity contribution in [3.05, 3.63) is 63.7 Å². The van der Waals surface area contributed by atoms with Gasteiger partial charge < -0.3 is 19.5 Å². The number of non-ortho nitro benzene ring substituents is 1. The van der Waals surface area contributed by atoms with Crippen LogP contribution in [0, 0.1) is 10.1 Å². The van der Waals surface area contributed by atoms with E-state index in [1.54, 1.807) is 24.3 Å². The molecule has 1 amide bonds. The van der Waals surface area contributed by atoms with Gasteiger partial charge in [-0.2, -0.15) is 0 Å². The largest absolute Gasteiger partial charge is 0.493 e. The summed E-state index contributed by atoms with van der Waals surface area (Å²) in [4.78, 5) is 22.4. The SMILES string of the molecule is COc1ccc(CNC(=O)/C=C/c2cccc([N+](=O)[O-])c2)c(OC)c1OC. The lowest BCUT2D eigenvalue weighted by molar-refractivity contribution is -0.384. The Bertz CT molecular complexity index is 863. The van der Waals surface area contributed by atoms with Gasteiger partial charge in [0.2, 0.25) is 11.7 Å². The number of hydrogen-bond acceptors (Lipinski definition) is 6. The Labute approximate surface area is 156 Å². The second-order valence-corrected chi connectivity index (χ2v) is 5.40. The molecule has 27 heavy (non-hydrogen) atoms. The normalized spacial score (nSPS) is 10.5. The minimum absolute atomic E-state index is 0.0346. The van der Waals surface area contributed by atoms with Crippen molar-refractivity contribution >= 4 is 17.7 Å². The summed E-state index contributed by atoms with van der Waals surface area (Å²) in [6.07, 6.45) is 2.82. The van der Waals surface area contributed by atoms with E-state index in [1.807, 2.05) is 0 Å². The van der Waals surface area contributed by atoms with Crippen molar-refractivity contribution in [3.63, 3.8) is 0 Å². The first-order valence-electron chi connectivity index (χ1n) is 7.98. The van der Waals surface area contributed by atoms with Crippen LogP contribution in [0.4, 0.5) is 5.69 Å². The molecule has 0 aliphatic rings. The van der Waals surface area contributed by atoms with Crippen LogP contribution in [-0.2, 0) is 11.3 Å². The highest BCUT2D eigenvalue weighted by Gasteiger charge is 2.15. The van der Waals surface area contributed by atoms with E-state index in [-0.39, 0.29) is 18.1 Å². The summed E-state index contributed by atoms with van der Waals surface area (Å²) < 4.78 is 15.9. The van der Waals surface area contributed by atoms with Crippen LogP contribution in [0.3, 0.4) is 0 Å². The molecule has 0 radical (unpaired) electrons. The number of amides is 1. The van der Waals surface area contributed by atoms with Gasteiger partial charge in [0.25, 0.3) is 5.69 Å². The molecule has 0 heterocycles. The molecule has 2 aromatic rings. The predicted molar refractivity (Wildman–Crippen MR) is 100 cm³/mol. The quantitative estimate of drug-likeness (QED) is 0.434. The first-order chi connectivity index (χ1) is 13.0. The van der Waals surface area contributed by atoms with Crippen LogP contribution in [-0.4, -0.2) is 32.2 Å². The van der Waals surface area contributed by atoms with Gasteiger partial charge in [0, 0.05) is 30.3 Å². The van der Waals surface area contributed by atoms with Crippen LogP contribution >= 0.6 is 0 Å². The lowest BCUT2D eigenvalue weighted by Crippen LogP contribution is -2.20. The number of methoxy groups -OCH3 is 3. The molecular weight excluding hydrogens is 352 g/mol. The molecule has 8 nitrogen and oxygen atoms in total. The van der Waals surface area contributed by atoms with Crippen LogP contribution < -0.4 is 19.5 Å². The summed E-state index contributed by atoms with van der Waals surface area (Å²) in [7, 11) is 4.53. The molecule has 0 unspecified atom stereocenters. The van der Waals surface area contributed by atoms with Crippen molar-refractivity contribution in [1.82, 2.24) is 5.32 Å². The first-order valence-corrected chi connectivity index (χ1v) is 7.98. The fourth-order valence-corrected chi connectivity index (χ4v) is 2.46. The Balaban J connectivity index is 2.07. The second kappa shape index (κ2) is 9.23. The fourth-order valence-electron chi connectivity index (χ4n) is 2.46. The molecule has 2 aromatic carbocycles. The third kappa shape index (κ3) is 4.97. The van der Waals surface area contributed by atoms with Gasteiger partial charge in [0.15, 0.2) is 11.5 Å². The summed E-state index contributed by atoms with van der Waals surface area (Å²) >= 11 is 0. The van der Waals surface area contributed by atoms with E-state index in [9.17, 15) is 14.9 Å². The lowest BCUT2D eigenvalue weighted by atomic mass is 10.1. The molecule has 0 atom stereocenters. The van der Waals surface area contributed by atoms with Crippen LogP contribution in [0.25, 0.3) is 6.08 Å². The Morgan fingerprint density at radius 1 is 1.11 bits per heavy atom. The maximum absolute atomic E-state index is 12.1. The van der Waals surface area contributed by atoms with E-state index in [4.69, 9.17) is 14.2 Å². The molecular formula is C19H20N2O6. The highest BCUT2D eigenvalue weighted by molar-refractivity contribution is 5.91. The standard InChI is InChI=1S/C19H20N2O6/c1-25-16-9-8-14(18(26-2)19(16)27-3)12-20-17(22)10-7-13-5-4-6-15(11-13)21(23)24/h4-11H,12H2,1-3H3,(H,20,22)/b10-7+. The number of benzene rings is 2. The molecule has 0 fully saturated rings. The van der Waals surface area contributed by atoms with E-state index < -0.39 is 4.92 Å². The number of carbonyl (C=O) groups is 1. The van der Waals surface area contributed by atoms with Crippen LogP contribution in [0.2, 0.25) is 0 Å². The van der Waals surface area contributed by atoms with Gasteiger partial charge in [0.1, 0.15) is 0 Å². The third-order valence-corrected chi connectivity index (χ3v) is 3.75. The second-order valence-electron chi connectivity index (χ2n) is 5.40. The van der Waals surface area contributed by atoms with Gasteiger partial charge in [-0.3, -0.25) is 14.9 Å². The van der Waals surface area contributed by atoms with Crippen molar-refractivity contribution in [1.29, 1.82) is 0 Å². The topological polar surface area (TPSA) is 99.9 Å². The van der Waals surface area contributed by atoms with E-state index in [0.717, 1.165) is 0 Å². The molecule has 2 rings (SSSR count). The predicted octanol–water partition coefficient (Wildman–Crippen LogP) is 2.95. The van der Waals surface area contributed by atoms with E-state index in [1.165, 1.54) is 45.6 Å². The molecule has 0 bridgehead atoms. The van der Waals surface area contributed by atoms with Gasteiger partial charge in [-0.15, -0.1) is 0 Å². The molecule has 0 saturated carbocycles. The van der Waals surface area contributed by atoms with E-state index in [0.29, 0.717) is 28.4 Å². The Morgan fingerprint density at radius 2 is 1.85 bits per heavy atom. The fraction of sp³-hybridized carbons (Fsp3) is 0.211. The average Bonchev–Trinajstić information content (AvgIpc) is 2.69. The lowest BCUT2D eigenvalue weighted by Gasteiger charge is -2.15. The first kappa shape index (κ1) is 19.8. The molecule has 0 spiro atoms. The number of nitrogens with one attached hydrogen (secondary N) is 1. The summed E-state index contributed by atoms with van der Waals surface area (Å²) in [5, 5.41) is 13.5. The number of nitro benzene ring substituents is 1. The molecule has 0 aromatic heterocycles. The number of rotatable bonds is 8. The molecule has 142 valence electrons. The van der Waals surface area contributed by atoms with Gasteiger partial charge >= 0.3 is 0 Å². The van der Waals surface area contributed by atoms with Gasteiger partial charge in [0.05, 0.1) is 26.3 Å². The summed E-state index contributed by atoms with van der Waals surface area (Å²) in [6, 6.07) is 9.51. The zero-order valence-electron chi connectivity index (χ0n) is 15.2. The zero-order valence-corrected chi connectivity index (χ0v) is 15.2. The third-order valence-electron chi connectivity index (χ3n) is 3.75. The van der Waals surface area contributed by atoms with Crippen molar-refractivity contribution in [2.45, 2.75) is 6.54 Å². The van der Waals surface area contributed by atoms with E-state index >= 15 is 0 Å². The molecule has 0 aliphatic carbocycles.